The number of hydrogen-bond acceptors (Lipinski definition) is 9. The Morgan fingerprint density at radius 3 is 2.44 bits per heavy atom. The van der Waals surface area contributed by atoms with Crippen molar-refractivity contribution >= 4 is 22.8 Å². The highest BCUT2D eigenvalue weighted by Crippen LogP contribution is 2.25. The van der Waals surface area contributed by atoms with Crippen molar-refractivity contribution in [3.8, 4) is 5.88 Å². The lowest BCUT2D eigenvalue weighted by Gasteiger charge is -2.13. The summed E-state index contributed by atoms with van der Waals surface area (Å²) >= 11 is 0. The number of aryl methyl sites for hydroxylation is 1. The molecule has 164 valence electrons. The van der Waals surface area contributed by atoms with Gasteiger partial charge in [-0.15, -0.1) is 10.2 Å². The highest BCUT2D eigenvalue weighted by Gasteiger charge is 2.20. The van der Waals surface area contributed by atoms with Gasteiger partial charge in [0.25, 0.3) is 17.1 Å². The molecule has 3 aromatic heterocycles. The fourth-order valence-electron chi connectivity index (χ4n) is 3.08. The van der Waals surface area contributed by atoms with Crippen molar-refractivity contribution < 1.29 is 10.2 Å². The Kier molecular flexibility index (Phi) is 5.11. The summed E-state index contributed by atoms with van der Waals surface area (Å²) < 4.78 is 2.30. The zero-order valence-corrected chi connectivity index (χ0v) is 16.4. The summed E-state index contributed by atoms with van der Waals surface area (Å²) in [6, 6.07) is 8.60. The maximum atomic E-state index is 12.5. The monoisotopic (exact) mass is 440 g/mol. The molecule has 0 radical (unpaired) electrons. The molecular weight excluding hydrogens is 424 g/mol. The summed E-state index contributed by atoms with van der Waals surface area (Å²) in [6.07, 6.45) is -1.08. The van der Waals surface area contributed by atoms with E-state index in [1.54, 1.807) is 30.3 Å². The predicted molar refractivity (Wildman–Crippen MR) is 111 cm³/mol. The van der Waals surface area contributed by atoms with Gasteiger partial charge in [0.2, 0.25) is 11.6 Å². The van der Waals surface area contributed by atoms with Crippen LogP contribution < -0.4 is 22.5 Å². The second-order valence-corrected chi connectivity index (χ2v) is 6.74. The van der Waals surface area contributed by atoms with Crippen LogP contribution in [-0.2, 0) is 13.6 Å². The van der Waals surface area contributed by atoms with Crippen LogP contribution in [0.3, 0.4) is 0 Å². The van der Waals surface area contributed by atoms with Gasteiger partial charge in [-0.3, -0.25) is 33.7 Å². The third kappa shape index (κ3) is 3.65. The van der Waals surface area contributed by atoms with E-state index in [4.69, 9.17) is 0 Å². The van der Waals surface area contributed by atoms with E-state index in [0.717, 1.165) is 4.57 Å². The van der Waals surface area contributed by atoms with E-state index >= 15 is 0 Å². The van der Waals surface area contributed by atoms with Crippen molar-refractivity contribution in [2.75, 3.05) is 0 Å². The molecule has 1 aromatic carbocycles. The third-order valence-electron chi connectivity index (χ3n) is 4.66. The molecule has 0 spiro atoms. The molecule has 0 aliphatic rings. The molecule has 5 N–H and O–H groups in total. The number of aromatic hydroxyl groups is 1. The van der Waals surface area contributed by atoms with E-state index in [-0.39, 0.29) is 23.7 Å². The van der Waals surface area contributed by atoms with Crippen LogP contribution in [0.15, 0.2) is 59.7 Å². The van der Waals surface area contributed by atoms with Gasteiger partial charge < -0.3 is 10.2 Å². The molecule has 1 atom stereocenters. The fourth-order valence-corrected chi connectivity index (χ4v) is 3.08. The highest BCUT2D eigenvalue weighted by atomic mass is 16.3. The number of azo groups is 1. The van der Waals surface area contributed by atoms with Gasteiger partial charge in [0.15, 0.2) is 11.2 Å². The minimum Gasteiger partial charge on any atom is -0.493 e. The summed E-state index contributed by atoms with van der Waals surface area (Å²) in [5, 5.41) is 27.9. The smallest absolute Gasteiger partial charge is 0.329 e. The van der Waals surface area contributed by atoms with E-state index in [1.165, 1.54) is 11.6 Å². The maximum Gasteiger partial charge on any atom is 0.329 e. The first kappa shape index (κ1) is 20.7. The summed E-state index contributed by atoms with van der Waals surface area (Å²) in [7, 11) is 1.38. The summed E-state index contributed by atoms with van der Waals surface area (Å²) in [6.45, 7) is -0.190. The van der Waals surface area contributed by atoms with E-state index < -0.39 is 40.2 Å². The Balaban J connectivity index is 1.89. The van der Waals surface area contributed by atoms with Gasteiger partial charge in [0.05, 0.1) is 12.6 Å². The molecule has 32 heavy (non-hydrogen) atoms. The number of aromatic nitrogens is 6. The average Bonchev–Trinajstić information content (AvgIpc) is 3.10. The lowest BCUT2D eigenvalue weighted by Crippen LogP contribution is -2.29. The molecular formula is C18H16N8O6. The van der Waals surface area contributed by atoms with Crippen molar-refractivity contribution in [1.82, 2.24) is 29.1 Å². The second-order valence-electron chi connectivity index (χ2n) is 6.74. The predicted octanol–water partition coefficient (Wildman–Crippen LogP) is -0.346. The largest absolute Gasteiger partial charge is 0.493 e. The Bertz CT molecular complexity index is 1570. The van der Waals surface area contributed by atoms with Crippen LogP contribution in [0.2, 0.25) is 0 Å². The number of aliphatic hydroxyl groups is 1. The molecule has 0 saturated heterocycles. The Labute approximate surface area is 176 Å². The molecule has 0 bridgehead atoms. The number of nitrogens with one attached hydrogen (secondary N) is 3. The molecule has 14 nitrogen and oxygen atoms in total. The Morgan fingerprint density at radius 2 is 1.75 bits per heavy atom. The molecule has 4 aromatic rings. The number of nitrogens with zero attached hydrogens (tertiary/aromatic N) is 5. The van der Waals surface area contributed by atoms with Crippen LogP contribution >= 0.6 is 0 Å². The molecule has 0 aliphatic carbocycles. The quantitative estimate of drug-likeness (QED) is 0.261. The number of benzene rings is 1. The van der Waals surface area contributed by atoms with Crippen LogP contribution in [0, 0.1) is 0 Å². The minimum atomic E-state index is -1.08. The lowest BCUT2D eigenvalue weighted by molar-refractivity contribution is 0.158. The molecule has 0 saturated carbocycles. The number of rotatable bonds is 5. The van der Waals surface area contributed by atoms with E-state index in [9.17, 15) is 29.4 Å². The number of aromatic amines is 3. The Hall–Kier alpha value is -4.59. The van der Waals surface area contributed by atoms with Gasteiger partial charge in [-0.1, -0.05) is 30.3 Å². The first-order valence-corrected chi connectivity index (χ1v) is 9.16. The summed E-state index contributed by atoms with van der Waals surface area (Å²) in [4.78, 5) is 57.7. The molecule has 0 aliphatic heterocycles. The molecule has 4 rings (SSSR count). The first-order chi connectivity index (χ1) is 15.3. The number of aliphatic hydroxyl groups excluding tert-OH is 1. The van der Waals surface area contributed by atoms with Gasteiger partial charge in [-0.25, -0.2) is 9.59 Å². The van der Waals surface area contributed by atoms with Crippen molar-refractivity contribution in [3.63, 3.8) is 0 Å². The van der Waals surface area contributed by atoms with Crippen molar-refractivity contribution in [2.45, 2.75) is 12.6 Å². The molecule has 0 unspecified atom stereocenters. The fraction of sp³-hybridized carbons (Fsp3) is 0.167. The average molecular weight is 440 g/mol. The summed E-state index contributed by atoms with van der Waals surface area (Å²) in [5.74, 6) is -1.05. The van der Waals surface area contributed by atoms with E-state index in [0.29, 0.717) is 5.56 Å². The first-order valence-electron chi connectivity index (χ1n) is 9.16. The van der Waals surface area contributed by atoms with Gasteiger partial charge in [0, 0.05) is 7.05 Å². The van der Waals surface area contributed by atoms with Crippen LogP contribution in [0.4, 0.5) is 11.6 Å². The summed E-state index contributed by atoms with van der Waals surface area (Å²) in [5.41, 5.74) is -3.57. The van der Waals surface area contributed by atoms with Crippen LogP contribution in [0.25, 0.3) is 11.2 Å². The second kappa shape index (κ2) is 7.92. The minimum absolute atomic E-state index is 0.0347. The number of hydrogen-bond donors (Lipinski definition) is 5. The zero-order chi connectivity index (χ0) is 23.0. The lowest BCUT2D eigenvalue weighted by atomic mass is 10.1. The maximum absolute atomic E-state index is 12.5. The van der Waals surface area contributed by atoms with E-state index in [1.807, 2.05) is 9.97 Å². The van der Waals surface area contributed by atoms with Crippen molar-refractivity contribution in [3.05, 3.63) is 77.6 Å². The molecule has 3 heterocycles. The molecule has 14 heteroatoms. The normalized spacial score (nSPS) is 12.6. The number of H-pyrrole nitrogens is 3. The molecule has 0 fully saturated rings. The highest BCUT2D eigenvalue weighted by molar-refractivity contribution is 5.73. The van der Waals surface area contributed by atoms with Gasteiger partial charge in [-0.05, 0) is 5.56 Å². The van der Waals surface area contributed by atoms with Gasteiger partial charge in [0.1, 0.15) is 0 Å². The topological polar surface area (TPSA) is 204 Å². The molecule has 0 amide bonds. The van der Waals surface area contributed by atoms with Crippen LogP contribution in [0.5, 0.6) is 5.88 Å². The zero-order valence-electron chi connectivity index (χ0n) is 16.4. The van der Waals surface area contributed by atoms with Crippen LogP contribution in [-0.4, -0.2) is 39.3 Å². The Morgan fingerprint density at radius 1 is 1.03 bits per heavy atom. The number of fused-ring (bicyclic) bond motifs is 1. The van der Waals surface area contributed by atoms with Gasteiger partial charge in [-0.2, -0.15) is 4.98 Å². The third-order valence-corrected chi connectivity index (χ3v) is 4.66. The van der Waals surface area contributed by atoms with E-state index in [2.05, 4.69) is 20.2 Å². The standard InChI is InChI=1S/C18H16N8O6/c1-25-12-11(15(30)22-18(25)32)26(7-9(27)8-5-3-2-4-6-8)16(19-12)24-23-10-13(28)20-17(31)21-14(10)29/h2-6,9,27H,7H2,1H3,(H,22,30,32)(H3,20,21,28,29,31)/t9-/m1/s1. The number of imidazole rings is 1. The van der Waals surface area contributed by atoms with Crippen molar-refractivity contribution in [1.29, 1.82) is 0 Å². The van der Waals surface area contributed by atoms with Gasteiger partial charge >= 0.3 is 11.4 Å². The van der Waals surface area contributed by atoms with Crippen LogP contribution in [0.1, 0.15) is 11.7 Å². The van der Waals surface area contributed by atoms with Crippen molar-refractivity contribution in [2.24, 2.45) is 17.3 Å². The SMILES string of the molecule is Cn1c(=O)[nH]c(=O)c2c1nc(N=Nc1c(O)[nH]c(=O)[nH]c1=O)n2C[C@@H](O)c1ccccc1.